The Morgan fingerprint density at radius 1 is 1.08 bits per heavy atom. The lowest BCUT2D eigenvalue weighted by molar-refractivity contribution is -0.123. The van der Waals surface area contributed by atoms with Gasteiger partial charge in [0.2, 0.25) is 0 Å². The molecule has 1 unspecified atom stereocenters. The van der Waals surface area contributed by atoms with Gasteiger partial charge >= 0.3 is 0 Å². The first-order valence-electron chi connectivity index (χ1n) is 9.43. The van der Waals surface area contributed by atoms with Gasteiger partial charge in [-0.25, -0.2) is 4.39 Å². The molecule has 0 radical (unpaired) electrons. The van der Waals surface area contributed by atoms with Crippen molar-refractivity contribution in [2.75, 3.05) is 14.2 Å². The maximum Gasteiger partial charge on any atom is 0.163 e. The third-order valence-electron chi connectivity index (χ3n) is 3.90. The summed E-state index contributed by atoms with van der Waals surface area (Å²) in [5.74, 6) is -0.123. The number of ether oxygens (including phenoxy) is 2. The van der Waals surface area contributed by atoms with E-state index in [1.54, 1.807) is 0 Å². The van der Waals surface area contributed by atoms with Crippen molar-refractivity contribution in [2.45, 2.75) is 78.2 Å². The molecule has 0 aromatic heterocycles. The van der Waals surface area contributed by atoms with Gasteiger partial charge in [-0.1, -0.05) is 46.5 Å². The van der Waals surface area contributed by atoms with Crippen LogP contribution in [0, 0.1) is 5.82 Å². The van der Waals surface area contributed by atoms with E-state index in [1.165, 1.54) is 33.6 Å². The van der Waals surface area contributed by atoms with Crippen LogP contribution < -0.4 is 9.47 Å². The molecule has 0 aliphatic heterocycles. The minimum absolute atomic E-state index is 0.0389. The maximum atomic E-state index is 14.2. The molecule has 0 aliphatic carbocycles. The Balaban J connectivity index is 0.00000194. The monoisotopic (exact) mass is 370 g/mol. The lowest BCUT2D eigenvalue weighted by Crippen LogP contribution is -2.26. The Kier molecular flexibility index (Phi) is 11.9. The summed E-state index contributed by atoms with van der Waals surface area (Å²) in [6.45, 7) is 7.80. The van der Waals surface area contributed by atoms with Crippen molar-refractivity contribution in [3.05, 3.63) is 23.5 Å². The van der Waals surface area contributed by atoms with Crippen LogP contribution in [-0.4, -0.2) is 25.1 Å². The Morgan fingerprint density at radius 3 is 2.12 bits per heavy atom. The molecule has 1 aromatic rings. The van der Waals surface area contributed by atoms with Gasteiger partial charge in [-0.05, 0) is 19.4 Å². The number of hydrogen-bond donors (Lipinski definition) is 1. The molecule has 4 nitrogen and oxygen atoms in total. The van der Waals surface area contributed by atoms with Crippen LogP contribution in [0.25, 0.3) is 0 Å². The summed E-state index contributed by atoms with van der Waals surface area (Å²) < 4.78 is 24.4. The van der Waals surface area contributed by atoms with Gasteiger partial charge in [0.1, 0.15) is 11.6 Å². The summed E-state index contributed by atoms with van der Waals surface area (Å²) in [7, 11) is 2.85. The molecule has 0 bridgehead atoms. The van der Waals surface area contributed by atoms with Gasteiger partial charge < -0.3 is 14.6 Å². The van der Waals surface area contributed by atoms with Crippen LogP contribution >= 0.6 is 0 Å². The molecule has 0 saturated heterocycles. The fraction of sp³-hybridized carbons (Fsp3) is 0.667. The molecular formula is C21H35FO4. The number of carbonyl (C=O) groups is 1. The second kappa shape index (κ2) is 12.7. The van der Waals surface area contributed by atoms with Gasteiger partial charge in [-0.3, -0.25) is 4.79 Å². The number of ketones is 1. The molecule has 0 saturated carbocycles. The number of hydrogen-bond acceptors (Lipinski definition) is 4. The average molecular weight is 371 g/mol. The summed E-state index contributed by atoms with van der Waals surface area (Å²) in [5.41, 5.74) is -1.54. The van der Waals surface area contributed by atoms with Gasteiger partial charge in [0.15, 0.2) is 11.5 Å². The third-order valence-corrected chi connectivity index (χ3v) is 3.90. The molecule has 1 rings (SSSR count). The van der Waals surface area contributed by atoms with Crippen molar-refractivity contribution in [2.24, 2.45) is 0 Å². The quantitative estimate of drug-likeness (QED) is 0.561. The fourth-order valence-corrected chi connectivity index (χ4v) is 2.58. The van der Waals surface area contributed by atoms with E-state index >= 15 is 0 Å². The summed E-state index contributed by atoms with van der Waals surface area (Å²) in [6.07, 6.45) is 5.53. The largest absolute Gasteiger partial charge is 0.493 e. The standard InChI is InChI=1S/C18H27FO4.C3H8/c1-5-6-7-8-9-13(20)12-18(2,21)14-10-16(22-3)17(23-4)11-15(14)19;1-3-2/h10-11,21H,5-9,12H2,1-4H3;3H2,1-2H3. The highest BCUT2D eigenvalue weighted by atomic mass is 19.1. The van der Waals surface area contributed by atoms with Crippen LogP contribution in [0.3, 0.4) is 0 Å². The molecule has 0 fully saturated rings. The van der Waals surface area contributed by atoms with Gasteiger partial charge in [-0.2, -0.15) is 0 Å². The zero-order valence-electron chi connectivity index (χ0n) is 17.2. The van der Waals surface area contributed by atoms with Crippen molar-refractivity contribution in [1.29, 1.82) is 0 Å². The van der Waals surface area contributed by atoms with Crippen molar-refractivity contribution < 1.29 is 23.8 Å². The molecule has 5 heteroatoms. The van der Waals surface area contributed by atoms with E-state index in [2.05, 4.69) is 20.8 Å². The predicted molar refractivity (Wildman–Crippen MR) is 103 cm³/mol. The molecule has 1 N–H and O–H groups in total. The first kappa shape index (κ1) is 24.4. The highest BCUT2D eigenvalue weighted by Crippen LogP contribution is 2.36. The molecule has 0 heterocycles. The summed E-state index contributed by atoms with van der Waals surface area (Å²) in [6, 6.07) is 2.55. The Labute approximate surface area is 157 Å². The Bertz CT molecular complexity index is 541. The molecule has 1 aromatic carbocycles. The van der Waals surface area contributed by atoms with E-state index < -0.39 is 11.4 Å². The van der Waals surface area contributed by atoms with Gasteiger partial charge in [-0.15, -0.1) is 0 Å². The predicted octanol–water partition coefficient (Wildman–Crippen LogP) is 5.40. The van der Waals surface area contributed by atoms with E-state index in [-0.39, 0.29) is 23.5 Å². The number of aliphatic hydroxyl groups is 1. The van der Waals surface area contributed by atoms with Gasteiger partial charge in [0.25, 0.3) is 0 Å². The minimum Gasteiger partial charge on any atom is -0.493 e. The average Bonchev–Trinajstić information content (AvgIpc) is 2.58. The number of unbranched alkanes of at least 4 members (excludes halogenated alkanes) is 3. The fourth-order valence-electron chi connectivity index (χ4n) is 2.58. The number of rotatable bonds is 10. The van der Waals surface area contributed by atoms with E-state index in [1.807, 2.05) is 0 Å². The molecule has 1 atom stereocenters. The topological polar surface area (TPSA) is 55.8 Å². The summed E-state index contributed by atoms with van der Waals surface area (Å²) in [4.78, 5) is 12.0. The first-order valence-corrected chi connectivity index (χ1v) is 9.43. The van der Waals surface area contributed by atoms with E-state index in [4.69, 9.17) is 9.47 Å². The van der Waals surface area contributed by atoms with E-state index in [0.29, 0.717) is 12.2 Å². The summed E-state index contributed by atoms with van der Waals surface area (Å²) in [5, 5.41) is 10.6. The van der Waals surface area contributed by atoms with Gasteiger partial charge in [0, 0.05) is 24.5 Å². The second-order valence-electron chi connectivity index (χ2n) is 6.69. The molecular weight excluding hydrogens is 335 g/mol. The molecule has 0 amide bonds. The number of halogens is 1. The van der Waals surface area contributed by atoms with Crippen molar-refractivity contribution in [3.8, 4) is 11.5 Å². The van der Waals surface area contributed by atoms with E-state index in [9.17, 15) is 14.3 Å². The number of carbonyl (C=O) groups excluding carboxylic acids is 1. The van der Waals surface area contributed by atoms with Crippen LogP contribution in [0.15, 0.2) is 12.1 Å². The lowest BCUT2D eigenvalue weighted by Gasteiger charge is -2.24. The minimum atomic E-state index is -1.58. The van der Waals surface area contributed by atoms with Gasteiger partial charge in [0.05, 0.1) is 19.8 Å². The number of methoxy groups -OCH3 is 2. The Hall–Kier alpha value is -1.62. The molecule has 0 spiro atoms. The molecule has 0 aliphatic rings. The zero-order valence-corrected chi connectivity index (χ0v) is 17.2. The molecule has 26 heavy (non-hydrogen) atoms. The van der Waals surface area contributed by atoms with Crippen molar-refractivity contribution in [1.82, 2.24) is 0 Å². The normalized spacial score (nSPS) is 12.6. The highest BCUT2D eigenvalue weighted by Gasteiger charge is 2.30. The number of Topliss-reactive ketones (excluding diaryl/α,β-unsaturated/α-hetero) is 1. The maximum absolute atomic E-state index is 14.2. The zero-order chi connectivity index (χ0) is 20.2. The lowest BCUT2D eigenvalue weighted by atomic mass is 9.88. The first-order chi connectivity index (χ1) is 12.3. The SMILES string of the molecule is CCC.CCCCCCC(=O)CC(C)(O)c1cc(OC)c(OC)cc1F. The third kappa shape index (κ3) is 8.17. The van der Waals surface area contributed by atoms with Crippen LogP contribution in [0.2, 0.25) is 0 Å². The van der Waals surface area contributed by atoms with Crippen molar-refractivity contribution >= 4 is 5.78 Å². The highest BCUT2D eigenvalue weighted by molar-refractivity contribution is 5.79. The van der Waals surface area contributed by atoms with Crippen molar-refractivity contribution in [3.63, 3.8) is 0 Å². The molecule has 150 valence electrons. The van der Waals surface area contributed by atoms with Crippen LogP contribution in [0.4, 0.5) is 4.39 Å². The van der Waals surface area contributed by atoms with Crippen LogP contribution in [0.1, 0.15) is 78.2 Å². The van der Waals surface area contributed by atoms with Crippen LogP contribution in [0.5, 0.6) is 11.5 Å². The van der Waals surface area contributed by atoms with Crippen LogP contribution in [-0.2, 0) is 10.4 Å². The smallest absolute Gasteiger partial charge is 0.163 e. The Morgan fingerprint density at radius 2 is 1.62 bits per heavy atom. The second-order valence-corrected chi connectivity index (χ2v) is 6.69. The number of benzene rings is 1. The summed E-state index contributed by atoms with van der Waals surface area (Å²) >= 11 is 0. The van der Waals surface area contributed by atoms with E-state index in [0.717, 1.165) is 31.7 Å².